The maximum Gasteiger partial charge on any atom is 0.146 e. The average Bonchev–Trinajstić information content (AvgIpc) is 3.13. The number of rotatable bonds is 7. The third kappa shape index (κ3) is 3.87. The van der Waals surface area contributed by atoms with Gasteiger partial charge in [0.1, 0.15) is 17.8 Å². The normalized spacial score (nSPS) is 16.0. The molecule has 0 aliphatic carbocycles. The third-order valence-corrected chi connectivity index (χ3v) is 5.49. The van der Waals surface area contributed by atoms with Crippen molar-refractivity contribution < 1.29 is 4.74 Å². The number of hydrogen-bond acceptors (Lipinski definition) is 6. The minimum atomic E-state index is 0.412. The van der Waals surface area contributed by atoms with Gasteiger partial charge < -0.3 is 25.7 Å². The van der Waals surface area contributed by atoms with Gasteiger partial charge in [0.25, 0.3) is 0 Å². The zero-order valence-corrected chi connectivity index (χ0v) is 16.1. The second kappa shape index (κ2) is 8.68. The zero-order chi connectivity index (χ0) is 19.3. The second-order valence-electron chi connectivity index (χ2n) is 7.25. The molecule has 1 aliphatic rings. The lowest BCUT2D eigenvalue weighted by atomic mass is 10.0. The summed E-state index contributed by atoms with van der Waals surface area (Å²) in [4.78, 5) is 11.3. The summed E-state index contributed by atoms with van der Waals surface area (Å²) in [7, 11) is 0. The lowest BCUT2D eigenvalue weighted by Gasteiger charge is -2.32. The topological polar surface area (TPSA) is 95.2 Å². The first-order chi connectivity index (χ1) is 13.8. The SMILES string of the molecule is NCCOCCN1CCC(n2cc(-c3ccccc3)c3c(N)ncnc32)CC1. The van der Waals surface area contributed by atoms with Gasteiger partial charge in [-0.05, 0) is 18.4 Å². The van der Waals surface area contributed by atoms with E-state index in [4.69, 9.17) is 16.2 Å². The van der Waals surface area contributed by atoms with Crippen LogP contribution >= 0.6 is 0 Å². The van der Waals surface area contributed by atoms with Crippen molar-refractivity contribution in [1.82, 2.24) is 19.4 Å². The van der Waals surface area contributed by atoms with Crippen LogP contribution in [0.3, 0.4) is 0 Å². The van der Waals surface area contributed by atoms with Gasteiger partial charge >= 0.3 is 0 Å². The molecule has 0 spiro atoms. The molecular formula is C21H28N6O. The molecule has 0 unspecified atom stereocenters. The van der Waals surface area contributed by atoms with Gasteiger partial charge in [0.15, 0.2) is 0 Å². The number of aromatic nitrogens is 3. The number of hydrogen-bond donors (Lipinski definition) is 2. The quantitative estimate of drug-likeness (QED) is 0.611. The Morgan fingerprint density at radius 2 is 1.86 bits per heavy atom. The molecule has 0 amide bonds. The molecule has 1 fully saturated rings. The fourth-order valence-corrected chi connectivity index (χ4v) is 4.02. The number of nitrogens with two attached hydrogens (primary N) is 2. The molecule has 0 atom stereocenters. The molecule has 1 saturated heterocycles. The Kier molecular flexibility index (Phi) is 5.85. The van der Waals surface area contributed by atoms with Crippen LogP contribution in [-0.2, 0) is 4.74 Å². The summed E-state index contributed by atoms with van der Waals surface area (Å²) >= 11 is 0. The van der Waals surface area contributed by atoms with E-state index in [1.807, 2.05) is 18.2 Å². The molecule has 3 aromatic rings. The summed E-state index contributed by atoms with van der Waals surface area (Å²) in [6.45, 7) is 5.03. The lowest BCUT2D eigenvalue weighted by Crippen LogP contribution is -2.36. The predicted molar refractivity (Wildman–Crippen MR) is 112 cm³/mol. The van der Waals surface area contributed by atoms with Crippen molar-refractivity contribution in [1.29, 1.82) is 0 Å². The highest BCUT2D eigenvalue weighted by atomic mass is 16.5. The number of nitrogen functional groups attached to an aromatic ring is 1. The summed E-state index contributed by atoms with van der Waals surface area (Å²) in [5.74, 6) is 0.539. The predicted octanol–water partition coefficient (Wildman–Crippen LogP) is 2.29. The Labute approximate surface area is 165 Å². The van der Waals surface area contributed by atoms with Crippen LogP contribution in [0.2, 0.25) is 0 Å². The highest BCUT2D eigenvalue weighted by Crippen LogP contribution is 2.36. The van der Waals surface area contributed by atoms with E-state index in [0.29, 0.717) is 25.0 Å². The van der Waals surface area contributed by atoms with Crippen LogP contribution in [0.5, 0.6) is 0 Å². The number of likely N-dealkylation sites (tertiary alicyclic amines) is 1. The summed E-state index contributed by atoms with van der Waals surface area (Å²) in [5.41, 5.74) is 14.9. The number of piperidine rings is 1. The molecule has 28 heavy (non-hydrogen) atoms. The van der Waals surface area contributed by atoms with Crippen LogP contribution in [-0.4, -0.2) is 58.8 Å². The van der Waals surface area contributed by atoms with Crippen molar-refractivity contribution in [2.24, 2.45) is 5.73 Å². The van der Waals surface area contributed by atoms with Crippen molar-refractivity contribution in [2.45, 2.75) is 18.9 Å². The van der Waals surface area contributed by atoms with Crippen LogP contribution in [0.25, 0.3) is 22.2 Å². The second-order valence-corrected chi connectivity index (χ2v) is 7.25. The van der Waals surface area contributed by atoms with Crippen molar-refractivity contribution in [3.05, 3.63) is 42.9 Å². The van der Waals surface area contributed by atoms with E-state index in [1.165, 1.54) is 0 Å². The lowest BCUT2D eigenvalue weighted by molar-refractivity contribution is 0.0939. The van der Waals surface area contributed by atoms with Gasteiger partial charge in [-0.2, -0.15) is 0 Å². The number of anilines is 1. The summed E-state index contributed by atoms with van der Waals surface area (Å²) in [5, 5.41) is 0.950. The Hall–Kier alpha value is -2.48. The molecule has 148 valence electrons. The van der Waals surface area contributed by atoms with E-state index in [0.717, 1.165) is 61.2 Å². The van der Waals surface area contributed by atoms with E-state index in [1.54, 1.807) is 6.33 Å². The maximum absolute atomic E-state index is 6.24. The van der Waals surface area contributed by atoms with E-state index in [2.05, 4.69) is 37.8 Å². The molecule has 3 heterocycles. The Morgan fingerprint density at radius 3 is 2.61 bits per heavy atom. The monoisotopic (exact) mass is 380 g/mol. The molecule has 1 aromatic carbocycles. The van der Waals surface area contributed by atoms with Crippen LogP contribution in [0.4, 0.5) is 5.82 Å². The Balaban J connectivity index is 1.55. The van der Waals surface area contributed by atoms with Crippen molar-refractivity contribution in [2.75, 3.05) is 45.1 Å². The van der Waals surface area contributed by atoms with Crippen LogP contribution in [0.1, 0.15) is 18.9 Å². The molecule has 0 radical (unpaired) electrons. The number of fused-ring (bicyclic) bond motifs is 1. The largest absolute Gasteiger partial charge is 0.383 e. The molecule has 4 rings (SSSR count). The average molecular weight is 380 g/mol. The first-order valence-corrected chi connectivity index (χ1v) is 9.94. The van der Waals surface area contributed by atoms with Crippen molar-refractivity contribution in [3.63, 3.8) is 0 Å². The maximum atomic E-state index is 6.24. The Morgan fingerprint density at radius 1 is 1.07 bits per heavy atom. The van der Waals surface area contributed by atoms with Gasteiger partial charge in [0.05, 0.1) is 18.6 Å². The summed E-state index contributed by atoms with van der Waals surface area (Å²) in [6.07, 6.45) is 5.93. The van der Waals surface area contributed by atoms with Gasteiger partial charge in [-0.1, -0.05) is 30.3 Å². The highest BCUT2D eigenvalue weighted by Gasteiger charge is 2.24. The first kappa shape index (κ1) is 18.9. The van der Waals surface area contributed by atoms with Crippen LogP contribution in [0.15, 0.2) is 42.9 Å². The fourth-order valence-electron chi connectivity index (χ4n) is 4.02. The van der Waals surface area contributed by atoms with Gasteiger partial charge in [-0.3, -0.25) is 0 Å². The minimum Gasteiger partial charge on any atom is -0.383 e. The summed E-state index contributed by atoms with van der Waals surface area (Å²) < 4.78 is 7.82. The van der Waals surface area contributed by atoms with Crippen molar-refractivity contribution >= 4 is 16.9 Å². The van der Waals surface area contributed by atoms with Crippen molar-refractivity contribution in [3.8, 4) is 11.1 Å². The Bertz CT molecular complexity index is 902. The van der Waals surface area contributed by atoms with Crippen LogP contribution < -0.4 is 11.5 Å². The van der Waals surface area contributed by atoms with Crippen LogP contribution in [0, 0.1) is 0 Å². The highest BCUT2D eigenvalue weighted by molar-refractivity contribution is 6.00. The first-order valence-electron chi connectivity index (χ1n) is 9.94. The molecule has 2 aromatic heterocycles. The zero-order valence-electron chi connectivity index (χ0n) is 16.1. The van der Waals surface area contributed by atoms with Gasteiger partial charge in [0, 0.05) is 44.0 Å². The minimum absolute atomic E-state index is 0.412. The number of ether oxygens (including phenoxy) is 1. The van der Waals surface area contributed by atoms with E-state index in [9.17, 15) is 0 Å². The smallest absolute Gasteiger partial charge is 0.146 e. The molecular weight excluding hydrogens is 352 g/mol. The summed E-state index contributed by atoms with van der Waals surface area (Å²) in [6, 6.07) is 10.7. The fraction of sp³-hybridized carbons (Fsp3) is 0.429. The van der Waals surface area contributed by atoms with Gasteiger partial charge in [0.2, 0.25) is 0 Å². The molecule has 0 bridgehead atoms. The third-order valence-electron chi connectivity index (χ3n) is 5.49. The molecule has 7 heteroatoms. The molecule has 4 N–H and O–H groups in total. The molecule has 0 saturated carbocycles. The standard InChI is InChI=1S/C21H28N6O/c22-8-12-28-13-11-26-9-6-17(7-10-26)27-14-18(16-4-2-1-3-5-16)19-20(23)24-15-25-21(19)27/h1-5,14-15,17H,6-13,22H2,(H2,23,24,25). The number of nitrogens with zero attached hydrogens (tertiary/aromatic N) is 4. The van der Waals surface area contributed by atoms with E-state index >= 15 is 0 Å². The molecule has 7 nitrogen and oxygen atoms in total. The van der Waals surface area contributed by atoms with Gasteiger partial charge in [-0.25, -0.2) is 9.97 Å². The number of benzene rings is 1. The molecule has 1 aliphatic heterocycles. The van der Waals surface area contributed by atoms with E-state index < -0.39 is 0 Å². The van der Waals surface area contributed by atoms with E-state index in [-0.39, 0.29) is 0 Å². The van der Waals surface area contributed by atoms with Gasteiger partial charge in [-0.15, -0.1) is 0 Å².